The molecule has 0 aliphatic carbocycles. The van der Waals surface area contributed by atoms with Gasteiger partial charge in [0, 0.05) is 6.20 Å². The smallest absolute Gasteiger partial charge is 0.287 e. The first-order valence-corrected chi connectivity index (χ1v) is 5.70. The molecule has 1 aromatic heterocycles. The maximum atomic E-state index is 13.5. The Kier molecular flexibility index (Phi) is 3.76. The number of benzene rings is 1. The Morgan fingerprint density at radius 3 is 2.40 bits per heavy atom. The van der Waals surface area contributed by atoms with E-state index in [1.165, 1.54) is 18.2 Å². The van der Waals surface area contributed by atoms with E-state index >= 15 is 0 Å². The van der Waals surface area contributed by atoms with Crippen LogP contribution in [0.4, 0.5) is 17.6 Å². The van der Waals surface area contributed by atoms with Crippen LogP contribution in [-0.2, 0) is 6.18 Å². The quantitative estimate of drug-likeness (QED) is 0.617. The molecule has 20 heavy (non-hydrogen) atoms. The molecule has 0 N–H and O–H groups in total. The summed E-state index contributed by atoms with van der Waals surface area (Å²) in [6.45, 7) is 0. The molecule has 0 fully saturated rings. The highest BCUT2D eigenvalue weighted by Crippen LogP contribution is 2.31. The minimum atomic E-state index is -4.61. The first-order valence-electron chi connectivity index (χ1n) is 5.32. The molecule has 0 unspecified atom stereocenters. The van der Waals surface area contributed by atoms with Crippen LogP contribution in [0.3, 0.4) is 0 Å². The number of carbonyl (C=O) groups excluding carboxylic acids is 1. The van der Waals surface area contributed by atoms with E-state index < -0.39 is 34.1 Å². The number of nitrogens with zero attached hydrogens (tertiary/aromatic N) is 1. The third-order valence-corrected chi connectivity index (χ3v) is 2.79. The Bertz CT molecular complexity index is 670. The van der Waals surface area contributed by atoms with Gasteiger partial charge in [-0.15, -0.1) is 0 Å². The molecule has 0 radical (unpaired) electrons. The average Bonchev–Trinajstić information content (AvgIpc) is 2.37. The van der Waals surface area contributed by atoms with Gasteiger partial charge in [0.1, 0.15) is 11.5 Å². The lowest BCUT2D eigenvalue weighted by atomic mass is 10.1. The summed E-state index contributed by atoms with van der Waals surface area (Å²) in [4.78, 5) is 15.4. The van der Waals surface area contributed by atoms with E-state index in [9.17, 15) is 22.4 Å². The third kappa shape index (κ3) is 2.80. The lowest BCUT2D eigenvalue weighted by Crippen LogP contribution is -2.11. The zero-order valence-corrected chi connectivity index (χ0v) is 10.5. The number of pyridine rings is 1. The highest BCUT2D eigenvalue weighted by Gasteiger charge is 2.32. The Balaban J connectivity index is 2.45. The number of ketones is 1. The van der Waals surface area contributed by atoms with Crippen molar-refractivity contribution in [3.05, 3.63) is 64.2 Å². The van der Waals surface area contributed by atoms with E-state index in [0.29, 0.717) is 12.3 Å². The largest absolute Gasteiger partial charge is 0.417 e. The molecule has 0 atom stereocenters. The predicted octanol–water partition coefficient (Wildman–Crippen LogP) is 4.12. The van der Waals surface area contributed by atoms with Gasteiger partial charge in [0.05, 0.1) is 16.1 Å². The Labute approximate surface area is 116 Å². The summed E-state index contributed by atoms with van der Waals surface area (Å²) in [5.74, 6) is -1.67. The van der Waals surface area contributed by atoms with Crippen LogP contribution in [0.25, 0.3) is 0 Å². The van der Waals surface area contributed by atoms with Crippen molar-refractivity contribution in [3.63, 3.8) is 0 Å². The fourth-order valence-corrected chi connectivity index (χ4v) is 1.79. The second-order valence-corrected chi connectivity index (χ2v) is 4.27. The van der Waals surface area contributed by atoms with Crippen LogP contribution < -0.4 is 0 Å². The van der Waals surface area contributed by atoms with E-state index in [1.54, 1.807) is 0 Å². The fourth-order valence-electron chi connectivity index (χ4n) is 1.53. The molecule has 1 aromatic carbocycles. The fraction of sp³-hybridized carbons (Fsp3) is 0.0769. The summed E-state index contributed by atoms with van der Waals surface area (Å²) >= 11 is 5.63. The maximum absolute atomic E-state index is 13.5. The van der Waals surface area contributed by atoms with Gasteiger partial charge in [-0.25, -0.2) is 4.39 Å². The van der Waals surface area contributed by atoms with E-state index in [4.69, 9.17) is 11.6 Å². The van der Waals surface area contributed by atoms with Crippen LogP contribution in [0.15, 0.2) is 36.5 Å². The van der Waals surface area contributed by atoms with Crippen molar-refractivity contribution >= 4 is 17.4 Å². The molecule has 0 amide bonds. The molecule has 2 rings (SSSR count). The van der Waals surface area contributed by atoms with Gasteiger partial charge in [-0.1, -0.05) is 23.7 Å². The second kappa shape index (κ2) is 5.20. The summed E-state index contributed by atoms with van der Waals surface area (Å²) in [5.41, 5.74) is -1.81. The minimum Gasteiger partial charge on any atom is -0.287 e. The maximum Gasteiger partial charge on any atom is 0.417 e. The van der Waals surface area contributed by atoms with Crippen LogP contribution in [0.5, 0.6) is 0 Å². The summed E-state index contributed by atoms with van der Waals surface area (Å²) in [7, 11) is 0. The van der Waals surface area contributed by atoms with Gasteiger partial charge in [0.15, 0.2) is 0 Å². The van der Waals surface area contributed by atoms with Crippen LogP contribution in [0.2, 0.25) is 5.02 Å². The highest BCUT2D eigenvalue weighted by molar-refractivity contribution is 6.34. The molecular formula is C13H6ClF4NO. The Hall–Kier alpha value is -1.95. The summed E-state index contributed by atoms with van der Waals surface area (Å²) in [6.07, 6.45) is -4.13. The van der Waals surface area contributed by atoms with Crippen LogP contribution in [0.1, 0.15) is 21.6 Å². The molecule has 7 heteroatoms. The van der Waals surface area contributed by atoms with Gasteiger partial charge in [0.2, 0.25) is 5.78 Å². The molecule has 0 aliphatic rings. The van der Waals surface area contributed by atoms with Crippen LogP contribution >= 0.6 is 11.6 Å². The third-order valence-electron chi connectivity index (χ3n) is 2.50. The second-order valence-electron chi connectivity index (χ2n) is 3.86. The van der Waals surface area contributed by atoms with Crippen molar-refractivity contribution in [1.82, 2.24) is 4.98 Å². The number of carbonyl (C=O) groups is 1. The molecule has 104 valence electrons. The Morgan fingerprint density at radius 1 is 1.20 bits per heavy atom. The average molecular weight is 304 g/mol. The first-order chi connectivity index (χ1) is 9.30. The molecule has 0 saturated carbocycles. The van der Waals surface area contributed by atoms with Gasteiger partial charge < -0.3 is 0 Å². The van der Waals surface area contributed by atoms with E-state index in [-0.39, 0.29) is 5.56 Å². The van der Waals surface area contributed by atoms with E-state index in [0.717, 1.165) is 6.07 Å². The highest BCUT2D eigenvalue weighted by atomic mass is 35.5. The van der Waals surface area contributed by atoms with Crippen molar-refractivity contribution in [2.75, 3.05) is 0 Å². The number of alkyl halides is 3. The molecular weight excluding hydrogens is 298 g/mol. The van der Waals surface area contributed by atoms with Crippen molar-refractivity contribution in [2.45, 2.75) is 6.18 Å². The Morgan fingerprint density at radius 2 is 1.85 bits per heavy atom. The minimum absolute atomic E-state index is 0.304. The standard InChI is InChI=1S/C13H6ClF4NO/c14-9-5-7(13(16,17)18)6-19-11(9)12(20)8-3-1-2-4-10(8)15/h1-6H. The molecule has 2 nitrogen and oxygen atoms in total. The van der Waals surface area contributed by atoms with Crippen molar-refractivity contribution in [2.24, 2.45) is 0 Å². The summed E-state index contributed by atoms with van der Waals surface area (Å²) in [5, 5.41) is -0.479. The number of hydrogen-bond acceptors (Lipinski definition) is 2. The van der Waals surface area contributed by atoms with Crippen molar-refractivity contribution < 1.29 is 22.4 Å². The SMILES string of the molecule is O=C(c1ccccc1F)c1ncc(C(F)(F)F)cc1Cl. The van der Waals surface area contributed by atoms with Crippen molar-refractivity contribution in [1.29, 1.82) is 0 Å². The molecule has 0 aliphatic heterocycles. The van der Waals surface area contributed by atoms with Gasteiger partial charge in [-0.2, -0.15) is 13.2 Å². The van der Waals surface area contributed by atoms with E-state index in [1.807, 2.05) is 0 Å². The predicted molar refractivity (Wildman–Crippen MR) is 64.1 cm³/mol. The van der Waals surface area contributed by atoms with Gasteiger partial charge in [-0.3, -0.25) is 9.78 Å². The van der Waals surface area contributed by atoms with Gasteiger partial charge in [0.25, 0.3) is 0 Å². The lowest BCUT2D eigenvalue weighted by Gasteiger charge is -2.08. The van der Waals surface area contributed by atoms with Gasteiger partial charge >= 0.3 is 6.18 Å². The first kappa shape index (κ1) is 14.5. The zero-order chi connectivity index (χ0) is 14.9. The summed E-state index contributed by atoms with van der Waals surface area (Å²) in [6, 6.07) is 5.66. The number of hydrogen-bond donors (Lipinski definition) is 0. The number of halogens is 5. The topological polar surface area (TPSA) is 30.0 Å². The molecule has 1 heterocycles. The molecule has 0 spiro atoms. The molecule has 0 bridgehead atoms. The summed E-state index contributed by atoms with van der Waals surface area (Å²) < 4.78 is 50.8. The normalized spacial score (nSPS) is 11.4. The van der Waals surface area contributed by atoms with E-state index in [2.05, 4.69) is 4.98 Å². The van der Waals surface area contributed by atoms with Crippen LogP contribution in [0, 0.1) is 5.82 Å². The monoisotopic (exact) mass is 303 g/mol. The number of rotatable bonds is 2. The lowest BCUT2D eigenvalue weighted by molar-refractivity contribution is -0.137. The van der Waals surface area contributed by atoms with Gasteiger partial charge in [-0.05, 0) is 18.2 Å². The van der Waals surface area contributed by atoms with Crippen LogP contribution in [-0.4, -0.2) is 10.8 Å². The van der Waals surface area contributed by atoms with Crippen molar-refractivity contribution in [3.8, 4) is 0 Å². The number of aromatic nitrogens is 1. The molecule has 0 saturated heterocycles. The zero-order valence-electron chi connectivity index (χ0n) is 9.71. The molecule has 2 aromatic rings.